The van der Waals surface area contributed by atoms with Crippen LogP contribution in [0.2, 0.25) is 0 Å². The Hall–Kier alpha value is -3.02. The van der Waals surface area contributed by atoms with Gasteiger partial charge < -0.3 is 4.74 Å². The highest BCUT2D eigenvalue weighted by molar-refractivity contribution is 5.96. The lowest BCUT2D eigenvalue weighted by atomic mass is 9.84. The van der Waals surface area contributed by atoms with Gasteiger partial charge in [-0.25, -0.2) is 0 Å². The molecule has 0 saturated heterocycles. The second-order valence-corrected chi connectivity index (χ2v) is 5.98. The molecule has 0 aliphatic rings. The summed E-state index contributed by atoms with van der Waals surface area (Å²) in [5.41, 5.74) is 1.23. The summed E-state index contributed by atoms with van der Waals surface area (Å²) in [7, 11) is 1.25. The van der Waals surface area contributed by atoms with E-state index in [0.717, 1.165) is 0 Å². The standard InChI is InChI=1S/C20H21NO5/c1-26-20(23)13-12-18(21(24)25)17(15-8-4-2-5-9-15)14-19(22)16-10-6-3-7-11-16/h2-11,17-18H,12-14H2,1H3/t17-,18+/m0/s1. The number of hydrogen-bond donors (Lipinski definition) is 0. The SMILES string of the molecule is COC(=O)CC[C@H]([C@@H](CC(=O)c1ccccc1)c1ccccc1)[N+](=O)[O-]. The number of carbonyl (C=O) groups is 2. The highest BCUT2D eigenvalue weighted by atomic mass is 16.6. The fourth-order valence-corrected chi connectivity index (χ4v) is 2.94. The Labute approximate surface area is 151 Å². The van der Waals surface area contributed by atoms with E-state index in [1.807, 2.05) is 12.1 Å². The lowest BCUT2D eigenvalue weighted by Gasteiger charge is -2.21. The van der Waals surface area contributed by atoms with Crippen molar-refractivity contribution in [2.24, 2.45) is 0 Å². The predicted molar refractivity (Wildman–Crippen MR) is 96.6 cm³/mol. The van der Waals surface area contributed by atoms with Gasteiger partial charge in [0.1, 0.15) is 0 Å². The fraction of sp³-hybridized carbons (Fsp3) is 0.300. The van der Waals surface area contributed by atoms with Crippen LogP contribution < -0.4 is 0 Å². The van der Waals surface area contributed by atoms with E-state index in [-0.39, 0.29) is 25.0 Å². The van der Waals surface area contributed by atoms with Gasteiger partial charge in [0.25, 0.3) is 0 Å². The van der Waals surface area contributed by atoms with Gasteiger partial charge in [0, 0.05) is 23.3 Å². The number of benzene rings is 2. The normalized spacial score (nSPS) is 12.8. The maximum atomic E-state index is 12.6. The summed E-state index contributed by atoms with van der Waals surface area (Å²) in [6.07, 6.45) is -0.0485. The Balaban J connectivity index is 2.28. The maximum absolute atomic E-state index is 12.6. The molecule has 2 rings (SSSR count). The van der Waals surface area contributed by atoms with E-state index in [9.17, 15) is 19.7 Å². The molecule has 0 bridgehead atoms. The molecule has 0 fully saturated rings. The van der Waals surface area contributed by atoms with Crippen molar-refractivity contribution in [3.05, 3.63) is 81.9 Å². The van der Waals surface area contributed by atoms with Crippen LogP contribution in [0, 0.1) is 10.1 Å². The molecule has 2 aromatic rings. The minimum atomic E-state index is -1.05. The molecule has 0 spiro atoms. The molecular formula is C20H21NO5. The number of ketones is 1. The molecular weight excluding hydrogens is 334 g/mol. The van der Waals surface area contributed by atoms with Crippen molar-refractivity contribution in [3.8, 4) is 0 Å². The maximum Gasteiger partial charge on any atom is 0.305 e. The second kappa shape index (κ2) is 9.46. The van der Waals surface area contributed by atoms with Crippen LogP contribution in [-0.2, 0) is 9.53 Å². The van der Waals surface area contributed by atoms with Gasteiger partial charge in [0.2, 0.25) is 6.04 Å². The zero-order chi connectivity index (χ0) is 18.9. The third-order valence-electron chi connectivity index (χ3n) is 4.34. The first kappa shape index (κ1) is 19.3. The summed E-state index contributed by atoms with van der Waals surface area (Å²) in [5.74, 6) is -1.29. The molecule has 26 heavy (non-hydrogen) atoms. The lowest BCUT2D eigenvalue weighted by molar-refractivity contribution is -0.527. The van der Waals surface area contributed by atoms with E-state index < -0.39 is 22.9 Å². The summed E-state index contributed by atoms with van der Waals surface area (Å²) >= 11 is 0. The Morgan fingerprint density at radius 3 is 2.15 bits per heavy atom. The molecule has 6 nitrogen and oxygen atoms in total. The predicted octanol–water partition coefficient (Wildman–Crippen LogP) is 3.64. The van der Waals surface area contributed by atoms with Crippen molar-refractivity contribution in [3.63, 3.8) is 0 Å². The van der Waals surface area contributed by atoms with E-state index in [1.165, 1.54) is 7.11 Å². The van der Waals surface area contributed by atoms with Crippen LogP contribution >= 0.6 is 0 Å². The smallest absolute Gasteiger partial charge is 0.305 e. The van der Waals surface area contributed by atoms with Gasteiger partial charge in [-0.05, 0) is 5.56 Å². The van der Waals surface area contributed by atoms with Crippen LogP contribution in [0.3, 0.4) is 0 Å². The van der Waals surface area contributed by atoms with Crippen molar-refractivity contribution in [1.82, 2.24) is 0 Å². The quantitative estimate of drug-likeness (QED) is 0.297. The highest BCUT2D eigenvalue weighted by Crippen LogP contribution is 2.29. The van der Waals surface area contributed by atoms with Gasteiger partial charge in [-0.3, -0.25) is 19.7 Å². The van der Waals surface area contributed by atoms with Gasteiger partial charge >= 0.3 is 5.97 Å². The molecule has 6 heteroatoms. The zero-order valence-corrected chi connectivity index (χ0v) is 14.5. The van der Waals surface area contributed by atoms with Crippen LogP contribution in [-0.4, -0.2) is 29.8 Å². The first-order chi connectivity index (χ1) is 12.5. The molecule has 0 aliphatic heterocycles. The molecule has 2 aromatic carbocycles. The van der Waals surface area contributed by atoms with E-state index in [1.54, 1.807) is 48.5 Å². The monoisotopic (exact) mass is 355 g/mol. The van der Waals surface area contributed by atoms with Crippen LogP contribution in [0.1, 0.15) is 41.1 Å². The number of Topliss-reactive ketones (excluding diaryl/α,β-unsaturated/α-hetero) is 1. The summed E-state index contributed by atoms with van der Waals surface area (Å²) in [4.78, 5) is 35.3. The number of hydrogen-bond acceptors (Lipinski definition) is 5. The van der Waals surface area contributed by atoms with E-state index in [0.29, 0.717) is 11.1 Å². The highest BCUT2D eigenvalue weighted by Gasteiger charge is 2.35. The molecule has 0 unspecified atom stereocenters. The van der Waals surface area contributed by atoms with Gasteiger partial charge in [-0.15, -0.1) is 0 Å². The van der Waals surface area contributed by atoms with Gasteiger partial charge in [0.15, 0.2) is 5.78 Å². The number of carbonyl (C=O) groups excluding carboxylic acids is 2. The van der Waals surface area contributed by atoms with E-state index in [2.05, 4.69) is 4.74 Å². The summed E-state index contributed by atoms with van der Waals surface area (Å²) in [6, 6.07) is 16.6. The molecule has 0 heterocycles. The Morgan fingerprint density at radius 1 is 1.04 bits per heavy atom. The summed E-state index contributed by atoms with van der Waals surface area (Å²) in [6.45, 7) is 0. The zero-order valence-electron chi connectivity index (χ0n) is 14.5. The lowest BCUT2D eigenvalue weighted by Crippen LogP contribution is -2.30. The molecule has 0 radical (unpaired) electrons. The first-order valence-electron chi connectivity index (χ1n) is 8.36. The summed E-state index contributed by atoms with van der Waals surface area (Å²) < 4.78 is 4.59. The third-order valence-corrected chi connectivity index (χ3v) is 4.34. The Bertz CT molecular complexity index is 745. The number of ether oxygens (including phenoxy) is 1. The largest absolute Gasteiger partial charge is 0.469 e. The van der Waals surface area contributed by atoms with Crippen LogP contribution in [0.5, 0.6) is 0 Å². The average Bonchev–Trinajstić information content (AvgIpc) is 2.68. The van der Waals surface area contributed by atoms with Crippen molar-refractivity contribution in [1.29, 1.82) is 0 Å². The van der Waals surface area contributed by atoms with Crippen molar-refractivity contribution >= 4 is 11.8 Å². The topological polar surface area (TPSA) is 86.5 Å². The summed E-state index contributed by atoms with van der Waals surface area (Å²) in [5, 5.41) is 11.7. The molecule has 136 valence electrons. The number of methoxy groups -OCH3 is 1. The third kappa shape index (κ3) is 5.24. The Morgan fingerprint density at radius 2 is 1.62 bits per heavy atom. The first-order valence-corrected chi connectivity index (χ1v) is 8.36. The average molecular weight is 355 g/mol. The van der Waals surface area contributed by atoms with E-state index in [4.69, 9.17) is 0 Å². The van der Waals surface area contributed by atoms with Crippen molar-refractivity contribution in [2.45, 2.75) is 31.2 Å². The van der Waals surface area contributed by atoms with Crippen LogP contribution in [0.25, 0.3) is 0 Å². The van der Waals surface area contributed by atoms with Gasteiger partial charge in [0.05, 0.1) is 19.4 Å². The number of nitro groups is 1. The number of nitrogens with zero attached hydrogens (tertiary/aromatic N) is 1. The van der Waals surface area contributed by atoms with Crippen molar-refractivity contribution in [2.75, 3.05) is 7.11 Å². The van der Waals surface area contributed by atoms with Crippen molar-refractivity contribution < 1.29 is 19.2 Å². The van der Waals surface area contributed by atoms with Gasteiger partial charge in [-0.2, -0.15) is 0 Å². The molecule has 0 saturated carbocycles. The van der Waals surface area contributed by atoms with Crippen LogP contribution in [0.4, 0.5) is 0 Å². The van der Waals surface area contributed by atoms with Crippen LogP contribution in [0.15, 0.2) is 60.7 Å². The van der Waals surface area contributed by atoms with Gasteiger partial charge in [-0.1, -0.05) is 60.7 Å². The number of esters is 1. The van der Waals surface area contributed by atoms with E-state index >= 15 is 0 Å². The fourth-order valence-electron chi connectivity index (χ4n) is 2.94. The molecule has 2 atom stereocenters. The second-order valence-electron chi connectivity index (χ2n) is 5.98. The molecule has 0 aromatic heterocycles. The number of rotatable bonds is 9. The minimum Gasteiger partial charge on any atom is -0.469 e. The minimum absolute atomic E-state index is 0.000839. The molecule has 0 amide bonds. The molecule has 0 N–H and O–H groups in total. The molecule has 0 aliphatic carbocycles. The Kier molecular flexibility index (Phi) is 7.02.